The van der Waals surface area contributed by atoms with Crippen LogP contribution in [0, 0.1) is 17.7 Å². The van der Waals surface area contributed by atoms with E-state index in [2.05, 4.69) is 17.2 Å². The molecule has 3 rings (SSSR count). The van der Waals surface area contributed by atoms with Gasteiger partial charge in [0.2, 0.25) is 0 Å². The van der Waals surface area contributed by atoms with Gasteiger partial charge in [-0.1, -0.05) is 42.2 Å². The number of hydrogen-bond donors (Lipinski definition) is 1. The summed E-state index contributed by atoms with van der Waals surface area (Å²) in [5.41, 5.74) is 0.659. The third-order valence-electron chi connectivity index (χ3n) is 3.25. The zero-order valence-corrected chi connectivity index (χ0v) is 12.7. The van der Waals surface area contributed by atoms with Crippen LogP contribution in [0.1, 0.15) is 10.6 Å². The zero-order chi connectivity index (χ0) is 16.8. The lowest BCUT2D eigenvalue weighted by atomic mass is 10.2. The molecule has 0 saturated carbocycles. The molecule has 0 unspecified atom stereocenters. The molecule has 0 aliphatic heterocycles. The first-order valence-electron chi connectivity index (χ1n) is 7.34. The predicted molar refractivity (Wildman–Crippen MR) is 88.2 cm³/mol. The highest BCUT2D eigenvalue weighted by atomic mass is 19.1. The number of furan rings is 1. The second kappa shape index (κ2) is 7.34. The number of fused-ring (bicyclic) bond motifs is 1. The topological polar surface area (TPSA) is 51.5 Å². The summed E-state index contributed by atoms with van der Waals surface area (Å²) in [5, 5.41) is 3.50. The fourth-order valence-electron chi connectivity index (χ4n) is 2.09. The van der Waals surface area contributed by atoms with Crippen molar-refractivity contribution in [3.05, 3.63) is 66.2 Å². The average Bonchev–Trinajstić information content (AvgIpc) is 3.03. The van der Waals surface area contributed by atoms with Crippen LogP contribution in [0.3, 0.4) is 0 Å². The summed E-state index contributed by atoms with van der Waals surface area (Å²) in [7, 11) is 0. The van der Waals surface area contributed by atoms with Crippen LogP contribution in [0.25, 0.3) is 11.0 Å². The van der Waals surface area contributed by atoms with E-state index in [1.165, 1.54) is 12.1 Å². The maximum atomic E-state index is 13.3. The van der Waals surface area contributed by atoms with E-state index in [4.69, 9.17) is 9.15 Å². The molecule has 120 valence electrons. The molecule has 0 fully saturated rings. The summed E-state index contributed by atoms with van der Waals surface area (Å²) >= 11 is 0. The monoisotopic (exact) mass is 323 g/mol. The van der Waals surface area contributed by atoms with Gasteiger partial charge in [0.1, 0.15) is 12.2 Å². The van der Waals surface area contributed by atoms with E-state index in [-0.39, 0.29) is 30.6 Å². The van der Waals surface area contributed by atoms with Crippen molar-refractivity contribution in [3.8, 4) is 17.6 Å². The maximum Gasteiger partial charge on any atom is 0.287 e. The van der Waals surface area contributed by atoms with E-state index < -0.39 is 5.82 Å². The highest BCUT2D eigenvalue weighted by Gasteiger charge is 2.10. The van der Waals surface area contributed by atoms with Crippen molar-refractivity contribution in [2.75, 3.05) is 13.2 Å². The highest BCUT2D eigenvalue weighted by Crippen LogP contribution is 2.18. The van der Waals surface area contributed by atoms with Crippen LogP contribution in [-0.4, -0.2) is 19.1 Å². The van der Waals surface area contributed by atoms with Crippen molar-refractivity contribution < 1.29 is 18.3 Å². The van der Waals surface area contributed by atoms with Crippen molar-refractivity contribution >= 4 is 16.9 Å². The van der Waals surface area contributed by atoms with Gasteiger partial charge in [0.15, 0.2) is 17.3 Å². The van der Waals surface area contributed by atoms with E-state index in [1.807, 2.05) is 18.2 Å². The standard InChI is InChI=1S/C19H14FNO3/c20-15-8-2-4-10-17(15)23-12-6-5-11-21-19(22)18-13-14-7-1-3-9-16(14)24-18/h1-4,7-10,13H,11-12H2,(H,21,22). The van der Waals surface area contributed by atoms with Crippen LogP contribution in [0.2, 0.25) is 0 Å². The highest BCUT2D eigenvalue weighted by molar-refractivity contribution is 5.96. The number of hydrogen-bond acceptors (Lipinski definition) is 3. The number of para-hydroxylation sites is 2. The average molecular weight is 323 g/mol. The number of carbonyl (C=O) groups is 1. The lowest BCUT2D eigenvalue weighted by Crippen LogP contribution is -2.23. The number of ether oxygens (including phenoxy) is 1. The first-order valence-corrected chi connectivity index (χ1v) is 7.34. The molecular weight excluding hydrogens is 309 g/mol. The molecule has 5 heteroatoms. The Hall–Kier alpha value is -3.26. The number of nitrogens with one attached hydrogen (secondary N) is 1. The summed E-state index contributed by atoms with van der Waals surface area (Å²) in [5.74, 6) is 5.07. The quantitative estimate of drug-likeness (QED) is 0.749. The summed E-state index contributed by atoms with van der Waals surface area (Å²) < 4.78 is 23.9. The van der Waals surface area contributed by atoms with Gasteiger partial charge in [-0.05, 0) is 24.3 Å². The van der Waals surface area contributed by atoms with Gasteiger partial charge in [-0.25, -0.2) is 4.39 Å². The molecule has 0 atom stereocenters. The van der Waals surface area contributed by atoms with Crippen molar-refractivity contribution in [2.45, 2.75) is 0 Å². The van der Waals surface area contributed by atoms with Crippen molar-refractivity contribution in [2.24, 2.45) is 0 Å². The Bertz CT molecular complexity index is 888. The van der Waals surface area contributed by atoms with E-state index in [0.717, 1.165) is 5.39 Å². The summed E-state index contributed by atoms with van der Waals surface area (Å²) in [4.78, 5) is 12.0. The molecule has 0 saturated heterocycles. The lowest BCUT2D eigenvalue weighted by molar-refractivity contribution is 0.0933. The molecule has 1 aromatic heterocycles. The van der Waals surface area contributed by atoms with E-state index in [0.29, 0.717) is 5.58 Å². The van der Waals surface area contributed by atoms with Crippen LogP contribution in [-0.2, 0) is 0 Å². The van der Waals surface area contributed by atoms with Gasteiger partial charge in [-0.15, -0.1) is 0 Å². The molecule has 4 nitrogen and oxygen atoms in total. The summed E-state index contributed by atoms with van der Waals surface area (Å²) in [6, 6.07) is 15.2. The van der Waals surface area contributed by atoms with Crippen LogP contribution in [0.5, 0.6) is 5.75 Å². The maximum absolute atomic E-state index is 13.3. The van der Waals surface area contributed by atoms with Gasteiger partial charge < -0.3 is 14.5 Å². The van der Waals surface area contributed by atoms with E-state index in [9.17, 15) is 9.18 Å². The first-order chi connectivity index (χ1) is 11.7. The molecular formula is C19H14FNO3. The smallest absolute Gasteiger partial charge is 0.287 e. The van der Waals surface area contributed by atoms with Crippen LogP contribution in [0.4, 0.5) is 4.39 Å². The Kier molecular flexibility index (Phi) is 4.78. The Morgan fingerprint density at radius 2 is 1.92 bits per heavy atom. The fourth-order valence-corrected chi connectivity index (χ4v) is 2.09. The number of benzene rings is 2. The molecule has 1 amide bonds. The minimum atomic E-state index is -0.433. The van der Waals surface area contributed by atoms with Gasteiger partial charge in [0.05, 0.1) is 6.54 Å². The molecule has 0 bridgehead atoms. The van der Waals surface area contributed by atoms with E-state index in [1.54, 1.807) is 24.3 Å². The Balaban J connectivity index is 1.48. The largest absolute Gasteiger partial charge is 0.478 e. The van der Waals surface area contributed by atoms with Crippen LogP contribution < -0.4 is 10.1 Å². The van der Waals surface area contributed by atoms with Crippen molar-refractivity contribution in [1.82, 2.24) is 5.32 Å². The van der Waals surface area contributed by atoms with Gasteiger partial charge in [-0.3, -0.25) is 4.79 Å². The molecule has 0 radical (unpaired) electrons. The normalized spacial score (nSPS) is 10.0. The molecule has 2 aromatic carbocycles. The number of halogens is 1. The molecule has 1 heterocycles. The van der Waals surface area contributed by atoms with Gasteiger partial charge >= 0.3 is 0 Å². The second-order valence-electron chi connectivity index (χ2n) is 4.90. The minimum absolute atomic E-state index is 0.0431. The number of rotatable bonds is 4. The Morgan fingerprint density at radius 1 is 1.12 bits per heavy atom. The van der Waals surface area contributed by atoms with Gasteiger partial charge in [-0.2, -0.15) is 0 Å². The van der Waals surface area contributed by atoms with E-state index >= 15 is 0 Å². The third-order valence-corrected chi connectivity index (χ3v) is 3.25. The van der Waals surface area contributed by atoms with Crippen molar-refractivity contribution in [1.29, 1.82) is 0 Å². The molecule has 0 aliphatic carbocycles. The molecule has 24 heavy (non-hydrogen) atoms. The minimum Gasteiger partial charge on any atom is -0.478 e. The lowest BCUT2D eigenvalue weighted by Gasteiger charge is -2.02. The zero-order valence-electron chi connectivity index (χ0n) is 12.7. The fraction of sp³-hybridized carbons (Fsp3) is 0.105. The second-order valence-corrected chi connectivity index (χ2v) is 4.90. The predicted octanol–water partition coefficient (Wildman–Crippen LogP) is 3.38. The molecule has 0 spiro atoms. The molecule has 1 N–H and O–H groups in total. The number of carbonyl (C=O) groups excluding carboxylic acids is 1. The van der Waals surface area contributed by atoms with Crippen LogP contribution >= 0.6 is 0 Å². The van der Waals surface area contributed by atoms with Gasteiger partial charge in [0, 0.05) is 5.39 Å². The first kappa shape index (κ1) is 15.6. The van der Waals surface area contributed by atoms with Gasteiger partial charge in [0.25, 0.3) is 5.91 Å². The van der Waals surface area contributed by atoms with Crippen molar-refractivity contribution in [3.63, 3.8) is 0 Å². The molecule has 3 aromatic rings. The van der Waals surface area contributed by atoms with Crippen LogP contribution in [0.15, 0.2) is 59.0 Å². The third kappa shape index (κ3) is 3.73. The summed E-state index contributed by atoms with van der Waals surface area (Å²) in [6.45, 7) is 0.192. The Labute approximate surface area is 138 Å². The summed E-state index contributed by atoms with van der Waals surface area (Å²) in [6.07, 6.45) is 0. The number of amides is 1. The SMILES string of the molecule is O=C(NCC#CCOc1ccccc1F)c1cc2ccccc2o1. The Morgan fingerprint density at radius 3 is 2.75 bits per heavy atom. The molecule has 0 aliphatic rings.